The molecule has 4 nitrogen and oxygen atoms in total. The number of hydrogen-bond acceptors (Lipinski definition) is 4. The molecular formula is C12H23N3OS. The number of ether oxygens (including phenoxy) is 1. The van der Waals surface area contributed by atoms with Gasteiger partial charge in [0.2, 0.25) is 0 Å². The summed E-state index contributed by atoms with van der Waals surface area (Å²) in [6, 6.07) is 0.308. The Hall–Kier alpha value is -0.520. The van der Waals surface area contributed by atoms with Gasteiger partial charge < -0.3 is 15.0 Å². The summed E-state index contributed by atoms with van der Waals surface area (Å²) in [5.41, 5.74) is -0.172. The summed E-state index contributed by atoms with van der Waals surface area (Å²) in [6.07, 6.45) is 4.75. The minimum Gasteiger partial charge on any atom is -0.377 e. The SMILES string of the molecule is CCCNC(CSc1ncc[nH]1)C(C)(C)OC. The van der Waals surface area contributed by atoms with Gasteiger partial charge in [-0.3, -0.25) is 0 Å². The van der Waals surface area contributed by atoms with Gasteiger partial charge in [-0.25, -0.2) is 4.98 Å². The minimum atomic E-state index is -0.172. The van der Waals surface area contributed by atoms with Crippen LogP contribution >= 0.6 is 11.8 Å². The summed E-state index contributed by atoms with van der Waals surface area (Å²) in [6.45, 7) is 7.41. The zero-order valence-corrected chi connectivity index (χ0v) is 11.9. The maximum absolute atomic E-state index is 5.56. The second-order valence-corrected chi connectivity index (χ2v) is 5.53. The number of nitrogens with zero attached hydrogens (tertiary/aromatic N) is 1. The lowest BCUT2D eigenvalue weighted by molar-refractivity contribution is -0.00346. The standard InChI is InChI=1S/C12H23N3OS/c1-5-6-13-10(12(2,3)16-4)9-17-11-14-7-8-15-11/h7-8,10,13H,5-6,9H2,1-4H3,(H,14,15). The molecule has 0 aliphatic rings. The lowest BCUT2D eigenvalue weighted by Crippen LogP contribution is -2.50. The summed E-state index contributed by atoms with van der Waals surface area (Å²) >= 11 is 1.72. The van der Waals surface area contributed by atoms with Crippen LogP contribution in [0.5, 0.6) is 0 Å². The molecule has 1 atom stereocenters. The van der Waals surface area contributed by atoms with E-state index in [4.69, 9.17) is 4.74 Å². The van der Waals surface area contributed by atoms with Crippen molar-refractivity contribution in [1.82, 2.24) is 15.3 Å². The highest BCUT2D eigenvalue weighted by Crippen LogP contribution is 2.21. The first-order valence-electron chi connectivity index (χ1n) is 6.01. The fourth-order valence-corrected chi connectivity index (χ4v) is 2.59. The molecule has 1 unspecified atom stereocenters. The van der Waals surface area contributed by atoms with Crippen LogP contribution in [0, 0.1) is 0 Å². The van der Waals surface area contributed by atoms with Crippen LogP contribution < -0.4 is 5.32 Å². The van der Waals surface area contributed by atoms with E-state index in [2.05, 4.69) is 36.1 Å². The van der Waals surface area contributed by atoms with Crippen LogP contribution in [0.1, 0.15) is 27.2 Å². The molecule has 17 heavy (non-hydrogen) atoms. The Morgan fingerprint density at radius 3 is 2.88 bits per heavy atom. The number of methoxy groups -OCH3 is 1. The predicted molar refractivity (Wildman–Crippen MR) is 72.5 cm³/mol. The number of rotatable bonds is 8. The van der Waals surface area contributed by atoms with Gasteiger partial charge in [0, 0.05) is 31.3 Å². The Morgan fingerprint density at radius 2 is 2.35 bits per heavy atom. The van der Waals surface area contributed by atoms with Crippen molar-refractivity contribution in [2.45, 2.75) is 44.0 Å². The molecule has 0 aliphatic heterocycles. The Balaban J connectivity index is 2.51. The summed E-state index contributed by atoms with van der Waals surface area (Å²) in [5, 5.41) is 4.49. The molecule has 0 saturated heterocycles. The summed E-state index contributed by atoms with van der Waals surface area (Å²) < 4.78 is 5.56. The molecule has 0 aliphatic carbocycles. The number of hydrogen-bond donors (Lipinski definition) is 2. The smallest absolute Gasteiger partial charge is 0.165 e. The van der Waals surface area contributed by atoms with E-state index in [9.17, 15) is 0 Å². The number of aromatic nitrogens is 2. The molecule has 1 heterocycles. The van der Waals surface area contributed by atoms with Gasteiger partial charge in [0.05, 0.1) is 5.60 Å². The van der Waals surface area contributed by atoms with E-state index in [1.807, 2.05) is 6.20 Å². The molecular weight excluding hydrogens is 234 g/mol. The monoisotopic (exact) mass is 257 g/mol. The minimum absolute atomic E-state index is 0.172. The molecule has 1 aromatic heterocycles. The fourth-order valence-electron chi connectivity index (χ4n) is 1.46. The van der Waals surface area contributed by atoms with E-state index in [1.165, 1.54) is 0 Å². The van der Waals surface area contributed by atoms with Crippen molar-refractivity contribution in [1.29, 1.82) is 0 Å². The van der Waals surface area contributed by atoms with Crippen LogP contribution in [-0.2, 0) is 4.74 Å². The van der Waals surface area contributed by atoms with Crippen LogP contribution in [-0.4, -0.2) is 41.0 Å². The Bertz CT molecular complexity index is 301. The maximum atomic E-state index is 5.56. The topological polar surface area (TPSA) is 49.9 Å². The highest BCUT2D eigenvalue weighted by atomic mass is 32.2. The first kappa shape index (κ1) is 14.5. The van der Waals surface area contributed by atoms with Crippen molar-refractivity contribution in [2.24, 2.45) is 0 Å². The van der Waals surface area contributed by atoms with Crippen molar-refractivity contribution >= 4 is 11.8 Å². The van der Waals surface area contributed by atoms with E-state index in [0.29, 0.717) is 6.04 Å². The zero-order chi connectivity index (χ0) is 12.7. The van der Waals surface area contributed by atoms with Gasteiger partial charge in [-0.15, -0.1) is 0 Å². The Morgan fingerprint density at radius 1 is 1.59 bits per heavy atom. The molecule has 0 spiro atoms. The largest absolute Gasteiger partial charge is 0.377 e. The Labute approximate surface area is 108 Å². The van der Waals surface area contributed by atoms with Crippen LogP contribution in [0.2, 0.25) is 0 Å². The third-order valence-electron chi connectivity index (χ3n) is 2.87. The molecule has 0 amide bonds. The quantitative estimate of drug-likeness (QED) is 0.702. The molecule has 0 fully saturated rings. The van der Waals surface area contributed by atoms with E-state index in [-0.39, 0.29) is 5.60 Å². The van der Waals surface area contributed by atoms with Gasteiger partial charge in [-0.1, -0.05) is 18.7 Å². The van der Waals surface area contributed by atoms with Gasteiger partial charge in [-0.2, -0.15) is 0 Å². The Kier molecular flexibility index (Phi) is 6.02. The summed E-state index contributed by atoms with van der Waals surface area (Å²) in [5.74, 6) is 0.939. The van der Waals surface area contributed by atoms with Gasteiger partial charge in [0.1, 0.15) is 0 Å². The number of nitrogens with one attached hydrogen (secondary N) is 2. The van der Waals surface area contributed by atoms with Crippen LogP contribution in [0.3, 0.4) is 0 Å². The van der Waals surface area contributed by atoms with Crippen LogP contribution in [0.25, 0.3) is 0 Å². The van der Waals surface area contributed by atoms with Crippen molar-refractivity contribution in [3.63, 3.8) is 0 Å². The molecule has 0 aromatic carbocycles. The lowest BCUT2D eigenvalue weighted by Gasteiger charge is -2.33. The first-order valence-corrected chi connectivity index (χ1v) is 6.99. The van der Waals surface area contributed by atoms with Crippen LogP contribution in [0.15, 0.2) is 17.6 Å². The van der Waals surface area contributed by atoms with Gasteiger partial charge in [0.25, 0.3) is 0 Å². The molecule has 0 bridgehead atoms. The van der Waals surface area contributed by atoms with Crippen LogP contribution in [0.4, 0.5) is 0 Å². The van der Waals surface area contributed by atoms with E-state index < -0.39 is 0 Å². The normalized spacial score (nSPS) is 13.9. The van der Waals surface area contributed by atoms with Gasteiger partial charge in [-0.05, 0) is 26.8 Å². The molecule has 98 valence electrons. The zero-order valence-electron chi connectivity index (χ0n) is 11.1. The molecule has 1 rings (SSSR count). The molecule has 0 saturated carbocycles. The average molecular weight is 257 g/mol. The number of thioether (sulfide) groups is 1. The van der Waals surface area contributed by atoms with E-state index in [0.717, 1.165) is 23.9 Å². The maximum Gasteiger partial charge on any atom is 0.165 e. The second-order valence-electron chi connectivity index (χ2n) is 4.52. The number of H-pyrrole nitrogens is 1. The molecule has 1 aromatic rings. The summed E-state index contributed by atoms with van der Waals surface area (Å²) in [7, 11) is 1.76. The van der Waals surface area contributed by atoms with Crippen molar-refractivity contribution in [3.8, 4) is 0 Å². The number of imidazole rings is 1. The highest BCUT2D eigenvalue weighted by Gasteiger charge is 2.28. The third-order valence-corrected chi connectivity index (χ3v) is 3.86. The highest BCUT2D eigenvalue weighted by molar-refractivity contribution is 7.99. The van der Waals surface area contributed by atoms with Gasteiger partial charge >= 0.3 is 0 Å². The first-order chi connectivity index (χ1) is 8.10. The van der Waals surface area contributed by atoms with Crippen molar-refractivity contribution < 1.29 is 4.74 Å². The average Bonchev–Trinajstić information content (AvgIpc) is 2.82. The van der Waals surface area contributed by atoms with E-state index in [1.54, 1.807) is 25.1 Å². The second kappa shape index (κ2) is 7.03. The summed E-state index contributed by atoms with van der Waals surface area (Å²) in [4.78, 5) is 7.32. The number of aromatic amines is 1. The van der Waals surface area contributed by atoms with E-state index >= 15 is 0 Å². The van der Waals surface area contributed by atoms with Gasteiger partial charge in [0.15, 0.2) is 5.16 Å². The lowest BCUT2D eigenvalue weighted by atomic mass is 10.0. The molecule has 5 heteroatoms. The fraction of sp³-hybridized carbons (Fsp3) is 0.750. The molecule has 2 N–H and O–H groups in total. The third kappa shape index (κ3) is 4.69. The van der Waals surface area contributed by atoms with Crippen molar-refractivity contribution in [3.05, 3.63) is 12.4 Å². The predicted octanol–water partition coefficient (Wildman–Crippen LogP) is 2.29. The van der Waals surface area contributed by atoms with Crippen molar-refractivity contribution in [2.75, 3.05) is 19.4 Å². The molecule has 0 radical (unpaired) electrons.